The molecule has 10 heteroatoms. The van der Waals surface area contributed by atoms with Gasteiger partial charge in [-0.15, -0.1) is 0 Å². The van der Waals surface area contributed by atoms with Crippen molar-refractivity contribution in [2.75, 3.05) is 20.5 Å². The van der Waals surface area contributed by atoms with Crippen molar-refractivity contribution in [1.82, 2.24) is 0 Å². The van der Waals surface area contributed by atoms with E-state index in [1.807, 2.05) is 43.3 Å². The second-order valence-corrected chi connectivity index (χ2v) is 12.6. The molecule has 1 heterocycles. The van der Waals surface area contributed by atoms with E-state index < -0.39 is 46.5 Å². The predicted octanol–water partition coefficient (Wildman–Crippen LogP) is 4.08. The number of carbonyl (C=O) groups excluding carboxylic acids is 3. The normalized spacial score (nSPS) is 33.7. The third kappa shape index (κ3) is 4.91. The number of hydrogen-bond donors (Lipinski definition) is 2. The number of aliphatic hydroxyl groups is 1. The van der Waals surface area contributed by atoms with Crippen molar-refractivity contribution in [3.05, 3.63) is 83.0 Å². The van der Waals surface area contributed by atoms with Crippen LogP contribution in [0.1, 0.15) is 49.5 Å². The Balaban J connectivity index is 1.44. The maximum Gasteiger partial charge on any atom is 0.342 e. The van der Waals surface area contributed by atoms with Gasteiger partial charge < -0.3 is 33.9 Å². The molecule has 1 saturated carbocycles. The molecule has 0 spiro atoms. The fourth-order valence-electron chi connectivity index (χ4n) is 7.91. The lowest BCUT2D eigenvalue weighted by atomic mass is 9.55. The summed E-state index contributed by atoms with van der Waals surface area (Å²) in [5.74, 6) is -3.20. The average Bonchev–Trinajstić information content (AvgIpc) is 3.52. The Labute approximate surface area is 261 Å². The lowest BCUT2D eigenvalue weighted by Gasteiger charge is -2.57. The molecule has 45 heavy (non-hydrogen) atoms. The summed E-state index contributed by atoms with van der Waals surface area (Å²) in [5.41, 5.74) is -2.65. The van der Waals surface area contributed by atoms with Crippen LogP contribution in [0.4, 0.5) is 0 Å². The SMILES string of the molecule is COc1ccc(C(=O)OCC2=C[C@H]3[C@H]4OCO[C@@]4(C(C)=O)C[C@@H](C)[C@]3(OCc3ccccc3)[C@@H]3C=C(C)C(=O)[C@@]3(O)C2)c(O)c1. The highest BCUT2D eigenvalue weighted by Crippen LogP contribution is 2.60. The summed E-state index contributed by atoms with van der Waals surface area (Å²) in [7, 11) is 1.44. The molecule has 10 nitrogen and oxygen atoms in total. The maximum atomic E-state index is 13.8. The molecule has 7 atom stereocenters. The first kappa shape index (κ1) is 31.2. The number of ether oxygens (including phenoxy) is 5. The van der Waals surface area contributed by atoms with Gasteiger partial charge in [-0.2, -0.15) is 0 Å². The summed E-state index contributed by atoms with van der Waals surface area (Å²) in [5, 5.41) is 22.8. The third-order valence-corrected chi connectivity index (χ3v) is 10.1. The van der Waals surface area contributed by atoms with Gasteiger partial charge in [-0.25, -0.2) is 4.79 Å². The van der Waals surface area contributed by atoms with Crippen LogP contribution in [0.15, 0.2) is 71.8 Å². The molecule has 0 bridgehead atoms. The Morgan fingerprint density at radius 3 is 2.53 bits per heavy atom. The molecular weight excluding hydrogens is 580 g/mol. The molecule has 2 N–H and O–H groups in total. The lowest BCUT2D eigenvalue weighted by Crippen LogP contribution is -2.69. The van der Waals surface area contributed by atoms with Crippen LogP contribution in [-0.2, 0) is 35.1 Å². The standard InChI is InChI=1S/C35H38O10/c1-20-12-29-33(40,30(20)38)16-24(17-42-32(39)26-11-10-25(41-4)14-28(26)37)13-27-31-34(22(3)36,45-19-43-31)15-21(2)35(27,29)44-18-23-8-6-5-7-9-23/h5-14,21,27,29,31,37,40H,15-19H2,1-4H3/t21-,27+,29-,31-,33-,34-,35-/m1/s1. The van der Waals surface area contributed by atoms with Crippen LogP contribution in [0.5, 0.6) is 11.5 Å². The molecular formula is C35H38O10. The van der Waals surface area contributed by atoms with Crippen LogP contribution in [0.3, 0.4) is 0 Å². The Morgan fingerprint density at radius 2 is 1.84 bits per heavy atom. The summed E-state index contributed by atoms with van der Waals surface area (Å²) in [6, 6.07) is 13.8. The number of ketones is 2. The van der Waals surface area contributed by atoms with E-state index in [-0.39, 0.29) is 55.9 Å². The number of fused-ring (bicyclic) bond motifs is 5. The topological polar surface area (TPSA) is 138 Å². The zero-order valence-electron chi connectivity index (χ0n) is 25.8. The number of esters is 1. The van der Waals surface area contributed by atoms with Crippen LogP contribution >= 0.6 is 0 Å². The van der Waals surface area contributed by atoms with E-state index in [1.54, 1.807) is 13.0 Å². The molecule has 0 radical (unpaired) electrons. The zero-order valence-corrected chi connectivity index (χ0v) is 25.8. The highest BCUT2D eigenvalue weighted by Gasteiger charge is 2.71. The van der Waals surface area contributed by atoms with Crippen LogP contribution < -0.4 is 4.74 Å². The molecule has 4 aliphatic rings. The van der Waals surface area contributed by atoms with E-state index in [0.717, 1.165) is 5.56 Å². The molecule has 3 aliphatic carbocycles. The van der Waals surface area contributed by atoms with Gasteiger partial charge in [0.05, 0.1) is 19.3 Å². The molecule has 6 rings (SSSR count). The van der Waals surface area contributed by atoms with Gasteiger partial charge in [-0.05, 0) is 55.0 Å². The lowest BCUT2D eigenvalue weighted by molar-refractivity contribution is -0.230. The second-order valence-electron chi connectivity index (χ2n) is 12.6. The van der Waals surface area contributed by atoms with E-state index in [1.165, 1.54) is 32.2 Å². The van der Waals surface area contributed by atoms with Crippen molar-refractivity contribution in [2.45, 2.75) is 63.1 Å². The van der Waals surface area contributed by atoms with Gasteiger partial charge in [0.25, 0.3) is 0 Å². The fraction of sp³-hybridized carbons (Fsp3) is 0.457. The highest BCUT2D eigenvalue weighted by atomic mass is 16.7. The molecule has 2 aromatic rings. The molecule has 2 aromatic carbocycles. The Kier molecular flexibility index (Phi) is 7.97. The number of hydrogen-bond acceptors (Lipinski definition) is 10. The van der Waals surface area contributed by atoms with Gasteiger partial charge in [0, 0.05) is 24.3 Å². The van der Waals surface area contributed by atoms with E-state index in [0.29, 0.717) is 16.9 Å². The molecule has 238 valence electrons. The van der Waals surface area contributed by atoms with Gasteiger partial charge in [0.2, 0.25) is 0 Å². The van der Waals surface area contributed by atoms with E-state index in [2.05, 4.69) is 0 Å². The number of carbonyl (C=O) groups is 3. The summed E-state index contributed by atoms with van der Waals surface area (Å²) < 4.78 is 29.9. The number of rotatable bonds is 8. The van der Waals surface area contributed by atoms with Crippen molar-refractivity contribution < 1.29 is 48.3 Å². The molecule has 1 saturated heterocycles. The third-order valence-electron chi connectivity index (χ3n) is 10.1. The summed E-state index contributed by atoms with van der Waals surface area (Å²) in [6.07, 6.45) is 2.97. The minimum atomic E-state index is -1.90. The van der Waals surface area contributed by atoms with Crippen molar-refractivity contribution in [3.8, 4) is 11.5 Å². The minimum absolute atomic E-state index is 0.0639. The first-order valence-electron chi connectivity index (χ1n) is 15.1. The molecule has 2 fully saturated rings. The predicted molar refractivity (Wildman–Crippen MR) is 160 cm³/mol. The van der Waals surface area contributed by atoms with Gasteiger partial charge in [0.15, 0.2) is 17.2 Å². The van der Waals surface area contributed by atoms with Crippen LogP contribution in [0, 0.1) is 17.8 Å². The zero-order chi connectivity index (χ0) is 32.1. The number of phenolic OH excluding ortho intramolecular Hbond substituents is 1. The van der Waals surface area contributed by atoms with E-state index in [9.17, 15) is 24.6 Å². The van der Waals surface area contributed by atoms with Gasteiger partial charge in [0.1, 0.15) is 42.2 Å². The Hall–Kier alpha value is -3.83. The second kappa shape index (κ2) is 11.5. The average molecular weight is 619 g/mol. The largest absolute Gasteiger partial charge is 0.507 e. The monoisotopic (exact) mass is 618 g/mol. The van der Waals surface area contributed by atoms with Gasteiger partial charge >= 0.3 is 5.97 Å². The van der Waals surface area contributed by atoms with E-state index >= 15 is 0 Å². The summed E-state index contributed by atoms with van der Waals surface area (Å²) in [6.45, 7) is 4.92. The summed E-state index contributed by atoms with van der Waals surface area (Å²) >= 11 is 0. The van der Waals surface area contributed by atoms with Crippen molar-refractivity contribution in [2.24, 2.45) is 17.8 Å². The van der Waals surface area contributed by atoms with Gasteiger partial charge in [-0.1, -0.05) is 49.4 Å². The number of aromatic hydroxyl groups is 1. The van der Waals surface area contributed by atoms with E-state index in [4.69, 9.17) is 23.7 Å². The van der Waals surface area contributed by atoms with Crippen LogP contribution in [0.2, 0.25) is 0 Å². The smallest absolute Gasteiger partial charge is 0.342 e. The maximum absolute atomic E-state index is 13.8. The number of phenols is 1. The molecule has 0 aromatic heterocycles. The Morgan fingerprint density at radius 1 is 1.09 bits per heavy atom. The number of benzene rings is 2. The first-order valence-corrected chi connectivity index (χ1v) is 15.1. The molecule has 1 aliphatic heterocycles. The van der Waals surface area contributed by atoms with Gasteiger partial charge in [-0.3, -0.25) is 9.59 Å². The minimum Gasteiger partial charge on any atom is -0.507 e. The first-order chi connectivity index (χ1) is 21.5. The quantitative estimate of drug-likeness (QED) is 0.329. The van der Waals surface area contributed by atoms with Crippen molar-refractivity contribution in [1.29, 1.82) is 0 Å². The Bertz CT molecular complexity index is 1580. The molecule has 0 amide bonds. The molecule has 0 unspecified atom stereocenters. The summed E-state index contributed by atoms with van der Waals surface area (Å²) in [4.78, 5) is 40.1. The van der Waals surface area contributed by atoms with Crippen molar-refractivity contribution >= 4 is 17.5 Å². The number of methoxy groups -OCH3 is 1. The fourth-order valence-corrected chi connectivity index (χ4v) is 7.91. The van der Waals surface area contributed by atoms with Crippen molar-refractivity contribution in [3.63, 3.8) is 0 Å². The van der Waals surface area contributed by atoms with Crippen LogP contribution in [0.25, 0.3) is 0 Å². The number of Topliss-reactive ketones (excluding diaryl/α,β-unsaturated/α-hetero) is 2. The highest BCUT2D eigenvalue weighted by molar-refractivity contribution is 6.05. The van der Waals surface area contributed by atoms with Crippen LogP contribution in [-0.4, -0.2) is 71.2 Å².